The molecule has 0 saturated carbocycles. The SMILES string of the molecule is CCOCCn1c(C2CCCCN2CCc2ccc(CC(=O)OC(C)(C)C)cc2)nc2ccccc21. The van der Waals surface area contributed by atoms with E-state index in [1.807, 2.05) is 27.7 Å². The zero-order chi connectivity index (χ0) is 25.5. The van der Waals surface area contributed by atoms with Crippen molar-refractivity contribution < 1.29 is 14.3 Å². The van der Waals surface area contributed by atoms with Crippen molar-refractivity contribution in [1.29, 1.82) is 0 Å². The highest BCUT2D eigenvalue weighted by Gasteiger charge is 2.28. The van der Waals surface area contributed by atoms with Crippen LogP contribution in [0.1, 0.15) is 70.0 Å². The van der Waals surface area contributed by atoms with Gasteiger partial charge < -0.3 is 14.0 Å². The van der Waals surface area contributed by atoms with Gasteiger partial charge in [-0.1, -0.05) is 42.8 Å². The number of likely N-dealkylation sites (tertiary alicyclic amines) is 1. The van der Waals surface area contributed by atoms with E-state index < -0.39 is 5.60 Å². The van der Waals surface area contributed by atoms with Crippen molar-refractivity contribution in [1.82, 2.24) is 14.5 Å². The number of piperidine rings is 1. The molecule has 6 heteroatoms. The van der Waals surface area contributed by atoms with E-state index in [1.165, 1.54) is 29.7 Å². The van der Waals surface area contributed by atoms with Gasteiger partial charge in [0, 0.05) is 19.7 Å². The van der Waals surface area contributed by atoms with E-state index in [4.69, 9.17) is 14.5 Å². The summed E-state index contributed by atoms with van der Waals surface area (Å²) in [6.45, 7) is 12.1. The second kappa shape index (κ2) is 12.0. The first kappa shape index (κ1) is 26.4. The van der Waals surface area contributed by atoms with Crippen LogP contribution in [-0.4, -0.2) is 52.3 Å². The molecule has 1 atom stereocenters. The van der Waals surface area contributed by atoms with Crippen molar-refractivity contribution in [2.45, 2.75) is 78.0 Å². The number of fused-ring (bicyclic) bond motifs is 1. The Labute approximate surface area is 215 Å². The number of para-hydroxylation sites is 2. The predicted octanol–water partition coefficient (Wildman–Crippen LogP) is 5.73. The summed E-state index contributed by atoms with van der Waals surface area (Å²) >= 11 is 0. The molecule has 1 unspecified atom stereocenters. The summed E-state index contributed by atoms with van der Waals surface area (Å²) in [5.41, 5.74) is 4.09. The first-order valence-corrected chi connectivity index (χ1v) is 13.4. The minimum atomic E-state index is -0.453. The predicted molar refractivity (Wildman–Crippen MR) is 144 cm³/mol. The largest absolute Gasteiger partial charge is 0.460 e. The maximum Gasteiger partial charge on any atom is 0.310 e. The highest BCUT2D eigenvalue weighted by molar-refractivity contribution is 5.76. The van der Waals surface area contributed by atoms with Gasteiger partial charge in [0.2, 0.25) is 0 Å². The Morgan fingerprint density at radius 1 is 1.03 bits per heavy atom. The van der Waals surface area contributed by atoms with Gasteiger partial charge in [-0.15, -0.1) is 0 Å². The summed E-state index contributed by atoms with van der Waals surface area (Å²) in [4.78, 5) is 19.9. The molecule has 36 heavy (non-hydrogen) atoms. The number of benzene rings is 2. The number of esters is 1. The van der Waals surface area contributed by atoms with Crippen LogP contribution in [0.3, 0.4) is 0 Å². The van der Waals surface area contributed by atoms with Gasteiger partial charge in [0.1, 0.15) is 11.4 Å². The van der Waals surface area contributed by atoms with Gasteiger partial charge in [-0.25, -0.2) is 4.98 Å². The molecule has 1 aliphatic heterocycles. The molecule has 1 saturated heterocycles. The lowest BCUT2D eigenvalue weighted by atomic mass is 10.00. The van der Waals surface area contributed by atoms with Gasteiger partial charge >= 0.3 is 5.97 Å². The Bertz CT molecular complexity index is 1130. The smallest absolute Gasteiger partial charge is 0.310 e. The number of hydrogen-bond donors (Lipinski definition) is 0. The molecule has 0 radical (unpaired) electrons. The van der Waals surface area contributed by atoms with Crippen LogP contribution < -0.4 is 0 Å². The molecule has 194 valence electrons. The molecular weight excluding hydrogens is 450 g/mol. The standard InChI is InChI=1S/C30H41N3O3/c1-5-35-21-20-33-26-11-7-6-10-25(26)31-29(33)27-12-8-9-18-32(27)19-17-23-13-15-24(16-14-23)22-28(34)36-30(2,3)4/h6-7,10-11,13-16,27H,5,8-9,12,17-22H2,1-4H3. The number of rotatable bonds is 10. The van der Waals surface area contributed by atoms with Crippen LogP contribution in [0.25, 0.3) is 11.0 Å². The number of carbonyl (C=O) groups is 1. The maximum atomic E-state index is 12.1. The molecule has 4 rings (SSSR count). The minimum Gasteiger partial charge on any atom is -0.460 e. The van der Waals surface area contributed by atoms with Gasteiger partial charge in [-0.05, 0) is 76.8 Å². The van der Waals surface area contributed by atoms with Crippen LogP contribution in [0.4, 0.5) is 0 Å². The maximum absolute atomic E-state index is 12.1. The van der Waals surface area contributed by atoms with Crippen LogP contribution in [0.5, 0.6) is 0 Å². The number of ether oxygens (including phenoxy) is 2. The van der Waals surface area contributed by atoms with Crippen LogP contribution in [0.15, 0.2) is 48.5 Å². The number of imidazole rings is 1. The molecule has 6 nitrogen and oxygen atoms in total. The Morgan fingerprint density at radius 2 is 1.78 bits per heavy atom. The number of aromatic nitrogens is 2. The summed E-state index contributed by atoms with van der Waals surface area (Å²) in [6.07, 6.45) is 4.87. The van der Waals surface area contributed by atoms with Crippen molar-refractivity contribution in [3.05, 3.63) is 65.5 Å². The summed E-state index contributed by atoms with van der Waals surface area (Å²) in [5, 5.41) is 0. The van der Waals surface area contributed by atoms with E-state index in [2.05, 4.69) is 58.0 Å². The fraction of sp³-hybridized carbons (Fsp3) is 0.533. The van der Waals surface area contributed by atoms with Crippen LogP contribution >= 0.6 is 0 Å². The van der Waals surface area contributed by atoms with Gasteiger partial charge in [0.05, 0.1) is 30.1 Å². The molecule has 0 amide bonds. The fourth-order valence-corrected chi connectivity index (χ4v) is 5.08. The lowest BCUT2D eigenvalue weighted by Crippen LogP contribution is -2.36. The molecule has 0 N–H and O–H groups in total. The first-order valence-electron chi connectivity index (χ1n) is 13.4. The molecule has 0 aliphatic carbocycles. The average Bonchev–Trinajstić information content (AvgIpc) is 3.21. The zero-order valence-electron chi connectivity index (χ0n) is 22.3. The van der Waals surface area contributed by atoms with Crippen LogP contribution in [0, 0.1) is 0 Å². The monoisotopic (exact) mass is 491 g/mol. The van der Waals surface area contributed by atoms with E-state index in [0.717, 1.165) is 50.2 Å². The molecule has 1 aliphatic rings. The number of hydrogen-bond acceptors (Lipinski definition) is 5. The minimum absolute atomic E-state index is 0.182. The average molecular weight is 492 g/mol. The van der Waals surface area contributed by atoms with Crippen LogP contribution in [0.2, 0.25) is 0 Å². The zero-order valence-corrected chi connectivity index (χ0v) is 22.3. The van der Waals surface area contributed by atoms with E-state index >= 15 is 0 Å². The molecule has 0 spiro atoms. The second-order valence-electron chi connectivity index (χ2n) is 10.7. The fourth-order valence-electron chi connectivity index (χ4n) is 5.08. The molecule has 0 bridgehead atoms. The third-order valence-electron chi connectivity index (χ3n) is 6.74. The summed E-state index contributed by atoms with van der Waals surface area (Å²) in [5.74, 6) is 0.988. The quantitative estimate of drug-likeness (QED) is 0.268. The third kappa shape index (κ3) is 6.95. The molecule has 2 heterocycles. The van der Waals surface area contributed by atoms with Crippen molar-refractivity contribution in [2.75, 3.05) is 26.3 Å². The van der Waals surface area contributed by atoms with E-state index in [1.54, 1.807) is 0 Å². The highest BCUT2D eigenvalue weighted by Crippen LogP contribution is 2.32. The number of nitrogens with zero attached hydrogens (tertiary/aromatic N) is 3. The van der Waals surface area contributed by atoms with Gasteiger partial charge in [-0.2, -0.15) is 0 Å². The Kier molecular flexibility index (Phi) is 8.81. The van der Waals surface area contributed by atoms with E-state index in [9.17, 15) is 4.79 Å². The van der Waals surface area contributed by atoms with Crippen molar-refractivity contribution in [3.63, 3.8) is 0 Å². The summed E-state index contributed by atoms with van der Waals surface area (Å²) < 4.78 is 13.5. The van der Waals surface area contributed by atoms with Crippen molar-refractivity contribution in [3.8, 4) is 0 Å². The van der Waals surface area contributed by atoms with Gasteiger partial charge in [0.25, 0.3) is 0 Å². The molecular formula is C30H41N3O3. The molecule has 2 aromatic carbocycles. The highest BCUT2D eigenvalue weighted by atomic mass is 16.6. The van der Waals surface area contributed by atoms with Gasteiger partial charge in [0.15, 0.2) is 0 Å². The van der Waals surface area contributed by atoms with Crippen molar-refractivity contribution in [2.24, 2.45) is 0 Å². The van der Waals surface area contributed by atoms with E-state index in [-0.39, 0.29) is 5.97 Å². The lowest BCUT2D eigenvalue weighted by Gasteiger charge is -2.35. The summed E-state index contributed by atoms with van der Waals surface area (Å²) in [6, 6.07) is 17.2. The molecule has 3 aromatic rings. The molecule has 1 fully saturated rings. The van der Waals surface area contributed by atoms with Crippen molar-refractivity contribution >= 4 is 17.0 Å². The second-order valence-corrected chi connectivity index (χ2v) is 10.7. The van der Waals surface area contributed by atoms with E-state index in [0.29, 0.717) is 19.1 Å². The third-order valence-corrected chi connectivity index (χ3v) is 6.74. The van der Waals surface area contributed by atoms with Crippen LogP contribution in [-0.2, 0) is 33.7 Å². The Hall–Kier alpha value is -2.70. The Morgan fingerprint density at radius 3 is 2.53 bits per heavy atom. The Balaban J connectivity index is 1.43. The number of carbonyl (C=O) groups excluding carboxylic acids is 1. The molecule has 1 aromatic heterocycles. The normalized spacial score (nSPS) is 16.9. The summed E-state index contributed by atoms with van der Waals surface area (Å²) in [7, 11) is 0. The lowest BCUT2D eigenvalue weighted by molar-refractivity contribution is -0.153. The first-order chi connectivity index (χ1) is 17.3. The van der Waals surface area contributed by atoms with Gasteiger partial charge in [-0.3, -0.25) is 9.69 Å². The topological polar surface area (TPSA) is 56.6 Å².